The topological polar surface area (TPSA) is 154 Å². The highest BCUT2D eigenvalue weighted by atomic mass is 31.1. The van der Waals surface area contributed by atoms with Gasteiger partial charge in [-0.2, -0.15) is 10.5 Å². The van der Waals surface area contributed by atoms with Crippen molar-refractivity contribution in [2.75, 3.05) is 0 Å². The Morgan fingerprint density at radius 3 is 1.60 bits per heavy atom. The van der Waals surface area contributed by atoms with Crippen molar-refractivity contribution in [1.29, 1.82) is 10.5 Å². The number of para-hydroxylation sites is 2. The number of hydrogen-bond acceptors (Lipinski definition) is 9. The van der Waals surface area contributed by atoms with E-state index < -0.39 is 20.5 Å². The van der Waals surface area contributed by atoms with Gasteiger partial charge in [0.15, 0.2) is 12.2 Å². The molecule has 0 radical (unpaired) electrons. The predicted octanol–water partition coefficient (Wildman–Crippen LogP) is 3.33. The Hall–Kier alpha value is -3.88. The fraction of sp³-hybridized carbons (Fsp3) is 0.100. The van der Waals surface area contributed by atoms with E-state index in [-0.39, 0.29) is 22.9 Å². The van der Waals surface area contributed by atoms with Crippen LogP contribution in [0.1, 0.15) is 23.3 Å². The zero-order valence-corrected chi connectivity index (χ0v) is 16.2. The van der Waals surface area contributed by atoms with Crippen LogP contribution in [0.5, 0.6) is 11.5 Å². The molecule has 30 heavy (non-hydrogen) atoms. The summed E-state index contributed by atoms with van der Waals surface area (Å²) < 4.78 is 34.8. The van der Waals surface area contributed by atoms with Crippen LogP contribution in [-0.4, -0.2) is 0 Å². The van der Waals surface area contributed by atoms with Crippen LogP contribution in [0.4, 0.5) is 0 Å². The molecule has 148 valence electrons. The molecular formula is C20H14N4O5P+. The van der Waals surface area contributed by atoms with Gasteiger partial charge in [0.2, 0.25) is 11.8 Å². The number of nitrogens with zero attached hydrogens (tertiary/aromatic N) is 2. The summed E-state index contributed by atoms with van der Waals surface area (Å²) in [6.45, 7) is 0. The Bertz CT molecular complexity index is 1100. The number of fused-ring (bicyclic) bond motifs is 2. The van der Waals surface area contributed by atoms with Gasteiger partial charge in [0, 0.05) is 15.7 Å². The first-order valence-electron chi connectivity index (χ1n) is 8.67. The zero-order chi connectivity index (χ0) is 21.3. The number of rotatable bonds is 4. The highest BCUT2D eigenvalue weighted by Gasteiger charge is 2.43. The Morgan fingerprint density at radius 1 is 0.800 bits per heavy atom. The molecule has 9 nitrogen and oxygen atoms in total. The molecule has 2 unspecified atom stereocenters. The van der Waals surface area contributed by atoms with Crippen LogP contribution in [0.3, 0.4) is 0 Å². The summed E-state index contributed by atoms with van der Waals surface area (Å²) in [6, 6.07) is 17.3. The van der Waals surface area contributed by atoms with E-state index in [1.807, 2.05) is 12.1 Å². The maximum absolute atomic E-state index is 12.8. The summed E-state index contributed by atoms with van der Waals surface area (Å²) in [5.74, 6) is 0.451. The van der Waals surface area contributed by atoms with Gasteiger partial charge in [-0.3, -0.25) is 0 Å². The van der Waals surface area contributed by atoms with Crippen molar-refractivity contribution in [1.82, 2.24) is 0 Å². The minimum Gasteiger partial charge on any atom is -0.440 e. The molecule has 4 N–H and O–H groups in total. The van der Waals surface area contributed by atoms with Crippen LogP contribution in [-0.2, 0) is 13.6 Å². The Balaban J connectivity index is 1.64. The van der Waals surface area contributed by atoms with Crippen LogP contribution >= 0.6 is 8.25 Å². The second-order valence-electron chi connectivity index (χ2n) is 6.25. The van der Waals surface area contributed by atoms with Crippen molar-refractivity contribution in [2.45, 2.75) is 12.2 Å². The molecule has 0 aliphatic carbocycles. The van der Waals surface area contributed by atoms with Gasteiger partial charge < -0.3 is 20.9 Å². The molecule has 4 rings (SSSR count). The molecule has 0 spiro atoms. The van der Waals surface area contributed by atoms with Crippen molar-refractivity contribution in [3.05, 3.63) is 82.6 Å². The van der Waals surface area contributed by atoms with E-state index >= 15 is 0 Å². The SMILES string of the molecule is N#CC1=C(N)Oc2ccccc2C1O[P+](=O)OC1C(C#N)=C(N)Oc2ccccc21. The molecule has 0 amide bonds. The molecule has 2 aliphatic heterocycles. The van der Waals surface area contributed by atoms with E-state index in [2.05, 4.69) is 0 Å². The van der Waals surface area contributed by atoms with Crippen molar-refractivity contribution < 1.29 is 23.1 Å². The van der Waals surface area contributed by atoms with Gasteiger partial charge >= 0.3 is 8.25 Å². The number of benzene rings is 2. The summed E-state index contributed by atoms with van der Waals surface area (Å²) in [5, 5.41) is 18.9. The van der Waals surface area contributed by atoms with Crippen molar-refractivity contribution in [2.24, 2.45) is 11.5 Å². The summed E-state index contributed by atoms with van der Waals surface area (Å²) in [4.78, 5) is 0. The third kappa shape index (κ3) is 3.34. The minimum absolute atomic E-state index is 0.0383. The molecule has 2 aliphatic rings. The third-order valence-corrected chi connectivity index (χ3v) is 5.29. The minimum atomic E-state index is -2.82. The summed E-state index contributed by atoms with van der Waals surface area (Å²) in [5.41, 5.74) is 12.5. The van der Waals surface area contributed by atoms with E-state index in [1.54, 1.807) is 48.5 Å². The van der Waals surface area contributed by atoms with Crippen LogP contribution < -0.4 is 20.9 Å². The van der Waals surface area contributed by atoms with E-state index in [0.29, 0.717) is 22.6 Å². The summed E-state index contributed by atoms with van der Waals surface area (Å²) in [7, 11) is -2.82. The molecule has 2 atom stereocenters. The molecular weight excluding hydrogens is 407 g/mol. The van der Waals surface area contributed by atoms with Crippen LogP contribution in [0.15, 0.2) is 71.4 Å². The van der Waals surface area contributed by atoms with E-state index in [9.17, 15) is 15.1 Å². The number of nitriles is 2. The van der Waals surface area contributed by atoms with Gasteiger partial charge in [0.05, 0.1) is 0 Å². The fourth-order valence-electron chi connectivity index (χ4n) is 3.14. The molecule has 0 saturated carbocycles. The molecule has 0 aromatic heterocycles. The molecule has 10 heteroatoms. The Kier molecular flexibility index (Phi) is 5.09. The molecule has 2 heterocycles. The lowest BCUT2D eigenvalue weighted by Gasteiger charge is -2.23. The Morgan fingerprint density at radius 2 is 1.20 bits per heavy atom. The van der Waals surface area contributed by atoms with Crippen LogP contribution in [0, 0.1) is 22.7 Å². The lowest BCUT2D eigenvalue weighted by atomic mass is 10.00. The molecule has 0 bridgehead atoms. The first kappa shape index (κ1) is 19.4. The standard InChI is InChI=1S/C20H14N4O5P/c21-9-13-17(11-5-1-3-7-15(11)26-19(13)23)28-30(25)29-18-12-6-2-4-8-16(12)27-20(24)14(18)10-22/h1-8,17-18H,23-24H2/q+1. The average Bonchev–Trinajstić information content (AvgIpc) is 2.74. The van der Waals surface area contributed by atoms with E-state index in [1.165, 1.54) is 0 Å². The lowest BCUT2D eigenvalue weighted by Crippen LogP contribution is -2.22. The molecule has 0 saturated heterocycles. The van der Waals surface area contributed by atoms with Gasteiger partial charge in [-0.1, -0.05) is 36.4 Å². The summed E-state index contributed by atoms with van der Waals surface area (Å²) >= 11 is 0. The van der Waals surface area contributed by atoms with Gasteiger partial charge in [-0.05, 0) is 12.1 Å². The number of hydrogen-bond donors (Lipinski definition) is 2. The van der Waals surface area contributed by atoms with Crippen LogP contribution in [0.2, 0.25) is 0 Å². The normalized spacial score (nSPS) is 20.1. The molecule has 2 aromatic carbocycles. The molecule has 2 aromatic rings. The molecule has 0 fully saturated rings. The van der Waals surface area contributed by atoms with E-state index in [4.69, 9.17) is 30.0 Å². The second-order valence-corrected chi connectivity index (χ2v) is 7.12. The maximum Gasteiger partial charge on any atom is 0.699 e. The fourth-order valence-corrected chi connectivity index (χ4v) is 3.97. The van der Waals surface area contributed by atoms with E-state index in [0.717, 1.165) is 0 Å². The van der Waals surface area contributed by atoms with Crippen molar-refractivity contribution in [3.8, 4) is 23.6 Å². The number of nitrogens with two attached hydrogens (primary N) is 2. The second kappa shape index (κ2) is 7.86. The predicted molar refractivity (Wildman–Crippen MR) is 103 cm³/mol. The van der Waals surface area contributed by atoms with Crippen molar-refractivity contribution in [3.63, 3.8) is 0 Å². The maximum atomic E-state index is 12.8. The largest absolute Gasteiger partial charge is 0.699 e. The monoisotopic (exact) mass is 421 g/mol. The average molecular weight is 421 g/mol. The quantitative estimate of drug-likeness (QED) is 0.707. The summed E-state index contributed by atoms with van der Waals surface area (Å²) in [6.07, 6.45) is -2.13. The first-order valence-corrected chi connectivity index (χ1v) is 9.77. The lowest BCUT2D eigenvalue weighted by molar-refractivity contribution is 0.149. The zero-order valence-electron chi connectivity index (χ0n) is 15.3. The first-order chi connectivity index (χ1) is 14.5. The van der Waals surface area contributed by atoms with Gasteiger partial charge in [-0.15, -0.1) is 9.05 Å². The highest BCUT2D eigenvalue weighted by molar-refractivity contribution is 7.33. The smallest absolute Gasteiger partial charge is 0.440 e. The van der Waals surface area contributed by atoms with Gasteiger partial charge in [-0.25, -0.2) is 0 Å². The van der Waals surface area contributed by atoms with Gasteiger partial charge in [0.1, 0.15) is 34.8 Å². The third-order valence-electron chi connectivity index (χ3n) is 4.52. The highest BCUT2D eigenvalue weighted by Crippen LogP contribution is 2.49. The van der Waals surface area contributed by atoms with Crippen LogP contribution in [0.25, 0.3) is 0 Å². The van der Waals surface area contributed by atoms with Gasteiger partial charge in [0.25, 0.3) is 0 Å². The number of ether oxygens (including phenoxy) is 2. The van der Waals surface area contributed by atoms with Crippen molar-refractivity contribution >= 4 is 8.25 Å². The Labute approximate surface area is 172 Å².